The number of carboxylic acid groups (broad SMARTS) is 1. The van der Waals surface area contributed by atoms with E-state index in [1.807, 2.05) is 30.3 Å². The molecule has 0 bridgehead atoms. The fourth-order valence-corrected chi connectivity index (χ4v) is 1.73. The van der Waals surface area contributed by atoms with E-state index in [9.17, 15) is 14.7 Å². The van der Waals surface area contributed by atoms with E-state index in [1.54, 1.807) is 24.3 Å². The molecule has 0 amide bonds. The number of ketones is 1. The molecule has 5 nitrogen and oxygen atoms in total. The summed E-state index contributed by atoms with van der Waals surface area (Å²) in [6.45, 7) is 0.416. The number of aliphatic hydroxyl groups is 1. The molecule has 22 heavy (non-hydrogen) atoms. The summed E-state index contributed by atoms with van der Waals surface area (Å²) in [5.74, 6) is -2.59. The number of carboxylic acids is 1. The van der Waals surface area contributed by atoms with Crippen molar-refractivity contribution < 1.29 is 24.5 Å². The Kier molecular flexibility index (Phi) is 4.93. The van der Waals surface area contributed by atoms with Crippen molar-refractivity contribution in [1.82, 2.24) is 0 Å². The van der Waals surface area contributed by atoms with Gasteiger partial charge in [-0.3, -0.25) is 4.79 Å². The first-order valence-electron chi connectivity index (χ1n) is 6.51. The Bertz CT molecular complexity index is 687. The second kappa shape index (κ2) is 7.08. The zero-order chi connectivity index (χ0) is 15.9. The van der Waals surface area contributed by atoms with Crippen LogP contribution in [0, 0.1) is 0 Å². The number of aliphatic hydroxyl groups excluding tert-OH is 1. The van der Waals surface area contributed by atoms with Crippen molar-refractivity contribution in [3.63, 3.8) is 0 Å². The number of benzene rings is 2. The van der Waals surface area contributed by atoms with Gasteiger partial charge in [-0.2, -0.15) is 0 Å². The fraction of sp³-hybridized carbons (Fsp3) is 0.0588. The Balaban J connectivity index is 2.01. The van der Waals surface area contributed by atoms with Gasteiger partial charge in [0.25, 0.3) is 5.78 Å². The topological polar surface area (TPSA) is 83.8 Å². The van der Waals surface area contributed by atoms with Crippen molar-refractivity contribution in [2.24, 2.45) is 0 Å². The van der Waals surface area contributed by atoms with E-state index in [1.165, 1.54) is 0 Å². The van der Waals surface area contributed by atoms with Crippen molar-refractivity contribution in [2.75, 3.05) is 0 Å². The molecule has 0 aromatic heterocycles. The first kappa shape index (κ1) is 15.3. The molecule has 0 unspecified atom stereocenters. The lowest BCUT2D eigenvalue weighted by molar-refractivity contribution is -0.146. The summed E-state index contributed by atoms with van der Waals surface area (Å²) in [7, 11) is 0. The van der Waals surface area contributed by atoms with E-state index < -0.39 is 17.5 Å². The van der Waals surface area contributed by atoms with Gasteiger partial charge in [-0.15, -0.1) is 0 Å². The third-order valence-corrected chi connectivity index (χ3v) is 2.88. The lowest BCUT2D eigenvalue weighted by atomic mass is 10.1. The average Bonchev–Trinajstić information content (AvgIpc) is 2.54. The standard InChI is InChI=1S/C17H14O5/c18-15(10-16(19)17(20)21)13-6-8-14(9-7-13)22-11-12-4-2-1-3-5-12/h1-10,18H,11H2,(H,20,21). The van der Waals surface area contributed by atoms with Crippen molar-refractivity contribution >= 4 is 17.5 Å². The van der Waals surface area contributed by atoms with Crippen LogP contribution in [-0.2, 0) is 16.2 Å². The maximum Gasteiger partial charge on any atom is 0.376 e. The SMILES string of the molecule is O=C(O)C(=O)C=C(O)c1ccc(OCc2ccccc2)cc1. The summed E-state index contributed by atoms with van der Waals surface area (Å²) in [6, 6.07) is 16.0. The molecule has 5 heteroatoms. The summed E-state index contributed by atoms with van der Waals surface area (Å²) < 4.78 is 5.58. The highest BCUT2D eigenvalue weighted by Gasteiger charge is 2.10. The lowest BCUT2D eigenvalue weighted by Crippen LogP contribution is -2.09. The van der Waals surface area contributed by atoms with Gasteiger partial charge in [0.2, 0.25) is 0 Å². The minimum absolute atomic E-state index is 0.335. The summed E-state index contributed by atoms with van der Waals surface area (Å²) in [4.78, 5) is 21.4. The van der Waals surface area contributed by atoms with Crippen LogP contribution in [-0.4, -0.2) is 22.0 Å². The summed E-state index contributed by atoms with van der Waals surface area (Å²) in [5, 5.41) is 18.1. The monoisotopic (exact) mass is 298 g/mol. The number of rotatable bonds is 6. The molecule has 0 atom stereocenters. The predicted octanol–water partition coefficient (Wildman–Crippen LogP) is 2.82. The number of aliphatic carboxylic acids is 1. The minimum Gasteiger partial charge on any atom is -0.507 e. The molecule has 2 aromatic rings. The smallest absolute Gasteiger partial charge is 0.376 e. The highest BCUT2D eigenvalue weighted by atomic mass is 16.5. The minimum atomic E-state index is -1.62. The molecule has 2 N–H and O–H groups in total. The first-order valence-corrected chi connectivity index (χ1v) is 6.51. The Morgan fingerprint density at radius 1 is 0.955 bits per heavy atom. The van der Waals surface area contributed by atoms with Crippen LogP contribution in [0.4, 0.5) is 0 Å². The normalized spacial score (nSPS) is 11.0. The molecule has 0 radical (unpaired) electrons. The van der Waals surface area contributed by atoms with Crippen LogP contribution in [0.1, 0.15) is 11.1 Å². The van der Waals surface area contributed by atoms with Crippen molar-refractivity contribution in [3.05, 3.63) is 71.8 Å². The van der Waals surface area contributed by atoms with Gasteiger partial charge in [0.1, 0.15) is 18.1 Å². The summed E-state index contributed by atoms with van der Waals surface area (Å²) in [6.07, 6.45) is 0.669. The van der Waals surface area contributed by atoms with E-state index in [4.69, 9.17) is 9.84 Å². The zero-order valence-electron chi connectivity index (χ0n) is 11.6. The quantitative estimate of drug-likeness (QED) is 0.486. The number of hydrogen-bond acceptors (Lipinski definition) is 4. The largest absolute Gasteiger partial charge is 0.507 e. The molecule has 2 rings (SSSR count). The molecule has 112 valence electrons. The fourth-order valence-electron chi connectivity index (χ4n) is 1.73. The summed E-state index contributed by atoms with van der Waals surface area (Å²) >= 11 is 0. The Labute approximate surface area is 127 Å². The zero-order valence-corrected chi connectivity index (χ0v) is 11.6. The van der Waals surface area contributed by atoms with Gasteiger partial charge in [-0.05, 0) is 29.8 Å². The molecule has 0 saturated heterocycles. The van der Waals surface area contributed by atoms with E-state index in [2.05, 4.69) is 0 Å². The predicted molar refractivity (Wildman–Crippen MR) is 80.5 cm³/mol. The third-order valence-electron chi connectivity index (χ3n) is 2.88. The molecule has 0 saturated carbocycles. The number of ether oxygens (including phenoxy) is 1. The second-order valence-electron chi connectivity index (χ2n) is 4.50. The molecular formula is C17H14O5. The maximum absolute atomic E-state index is 11.0. The van der Waals surface area contributed by atoms with E-state index in [0.29, 0.717) is 24.0 Å². The van der Waals surface area contributed by atoms with Crippen molar-refractivity contribution in [3.8, 4) is 5.75 Å². The van der Waals surface area contributed by atoms with Crippen LogP contribution in [0.15, 0.2) is 60.7 Å². The van der Waals surface area contributed by atoms with Gasteiger partial charge in [-0.25, -0.2) is 4.79 Å². The van der Waals surface area contributed by atoms with E-state index in [-0.39, 0.29) is 0 Å². The molecule has 0 spiro atoms. The first-order chi connectivity index (χ1) is 10.6. The highest BCUT2D eigenvalue weighted by Crippen LogP contribution is 2.18. The van der Waals surface area contributed by atoms with Crippen molar-refractivity contribution in [2.45, 2.75) is 6.61 Å². The average molecular weight is 298 g/mol. The number of carbonyl (C=O) groups is 2. The van der Waals surface area contributed by atoms with Gasteiger partial charge in [0.15, 0.2) is 0 Å². The van der Waals surface area contributed by atoms with Gasteiger partial charge in [0, 0.05) is 11.6 Å². The van der Waals surface area contributed by atoms with Crippen LogP contribution in [0.25, 0.3) is 5.76 Å². The second-order valence-corrected chi connectivity index (χ2v) is 4.50. The lowest BCUT2D eigenvalue weighted by Gasteiger charge is -2.07. The maximum atomic E-state index is 11.0. The molecule has 0 fully saturated rings. The van der Waals surface area contributed by atoms with Crippen LogP contribution in [0.2, 0.25) is 0 Å². The van der Waals surface area contributed by atoms with Gasteiger partial charge in [-0.1, -0.05) is 30.3 Å². The van der Waals surface area contributed by atoms with Crippen LogP contribution >= 0.6 is 0 Å². The third kappa shape index (κ3) is 4.21. The Morgan fingerprint density at radius 2 is 1.59 bits per heavy atom. The van der Waals surface area contributed by atoms with Gasteiger partial charge in [0.05, 0.1) is 0 Å². The molecule has 0 heterocycles. The number of carbonyl (C=O) groups excluding carboxylic acids is 1. The molecule has 0 aliphatic carbocycles. The highest BCUT2D eigenvalue weighted by molar-refractivity contribution is 6.38. The Morgan fingerprint density at radius 3 is 2.18 bits per heavy atom. The molecule has 2 aromatic carbocycles. The van der Waals surface area contributed by atoms with E-state index in [0.717, 1.165) is 5.56 Å². The Hall–Kier alpha value is -3.08. The molecule has 0 aliphatic rings. The van der Waals surface area contributed by atoms with Crippen LogP contribution in [0.5, 0.6) is 5.75 Å². The van der Waals surface area contributed by atoms with Crippen molar-refractivity contribution in [1.29, 1.82) is 0 Å². The van der Waals surface area contributed by atoms with Crippen LogP contribution < -0.4 is 4.74 Å². The summed E-state index contributed by atoms with van der Waals surface area (Å²) in [5.41, 5.74) is 1.36. The molecule has 0 aliphatic heterocycles. The number of hydrogen-bond donors (Lipinski definition) is 2. The van der Waals surface area contributed by atoms with Gasteiger partial charge < -0.3 is 14.9 Å². The molecular weight excluding hydrogens is 284 g/mol. The van der Waals surface area contributed by atoms with Crippen LogP contribution in [0.3, 0.4) is 0 Å². The van der Waals surface area contributed by atoms with E-state index >= 15 is 0 Å². The van der Waals surface area contributed by atoms with Gasteiger partial charge >= 0.3 is 5.97 Å².